The van der Waals surface area contributed by atoms with Crippen molar-refractivity contribution in [2.75, 3.05) is 33.8 Å². The number of aromatic nitrogens is 1. The Morgan fingerprint density at radius 3 is 2.15 bits per heavy atom. The molecule has 1 heterocycles. The van der Waals surface area contributed by atoms with Crippen LogP contribution in [0.3, 0.4) is 0 Å². The molecular weight excluding hydrogens is 440 g/mol. The van der Waals surface area contributed by atoms with Crippen molar-refractivity contribution in [2.45, 2.75) is 25.7 Å². The molecule has 0 radical (unpaired) electrons. The number of anilines is 1. The second-order valence-corrected chi connectivity index (χ2v) is 7.54. The molecule has 180 valence electrons. The molecule has 0 aliphatic heterocycles. The molecule has 0 aliphatic carbocycles. The molecular formula is C25H28N2O7. The van der Waals surface area contributed by atoms with Crippen molar-refractivity contribution in [3.05, 3.63) is 47.7 Å². The zero-order chi connectivity index (χ0) is 24.7. The standard InChI is InChI=1S/C25H28N2O7/c1-31-19-9-8-15(11-20(19)32-2)10-18-17-14-22(34-4)21(33-3)12-16(17)13-23(26-18)27-24(28)6-5-7-25(29)30/h8-9,11-14H,5-7,10H2,1-4H3,(H,29,30)(H,26,27,28). The van der Waals surface area contributed by atoms with Gasteiger partial charge in [-0.3, -0.25) is 9.59 Å². The number of carboxylic acids is 1. The normalized spacial score (nSPS) is 10.6. The highest BCUT2D eigenvalue weighted by molar-refractivity contribution is 5.95. The molecule has 9 nitrogen and oxygen atoms in total. The molecule has 0 unspecified atom stereocenters. The van der Waals surface area contributed by atoms with Gasteiger partial charge < -0.3 is 29.4 Å². The monoisotopic (exact) mass is 468 g/mol. The third-order valence-electron chi connectivity index (χ3n) is 5.30. The number of aliphatic carboxylic acids is 1. The first-order valence-corrected chi connectivity index (χ1v) is 10.7. The van der Waals surface area contributed by atoms with E-state index in [1.54, 1.807) is 34.5 Å². The van der Waals surface area contributed by atoms with Gasteiger partial charge >= 0.3 is 5.97 Å². The maximum atomic E-state index is 12.4. The summed E-state index contributed by atoms with van der Waals surface area (Å²) in [6, 6.07) is 11.1. The predicted molar refractivity (Wildman–Crippen MR) is 127 cm³/mol. The number of fused-ring (bicyclic) bond motifs is 1. The number of nitrogens with one attached hydrogen (secondary N) is 1. The molecule has 1 aromatic heterocycles. The van der Waals surface area contributed by atoms with E-state index in [9.17, 15) is 9.59 Å². The highest BCUT2D eigenvalue weighted by Gasteiger charge is 2.15. The number of hydrogen-bond donors (Lipinski definition) is 2. The van der Waals surface area contributed by atoms with Gasteiger partial charge in [0, 0.05) is 24.6 Å². The Balaban J connectivity index is 2.01. The number of rotatable bonds is 11. The van der Waals surface area contributed by atoms with Crippen LogP contribution in [0, 0.1) is 0 Å². The van der Waals surface area contributed by atoms with Crippen LogP contribution in [0.25, 0.3) is 10.8 Å². The van der Waals surface area contributed by atoms with E-state index in [0.29, 0.717) is 40.9 Å². The maximum Gasteiger partial charge on any atom is 0.303 e. The Morgan fingerprint density at radius 2 is 1.50 bits per heavy atom. The quantitative estimate of drug-likeness (QED) is 0.433. The summed E-state index contributed by atoms with van der Waals surface area (Å²) < 4.78 is 21.6. The van der Waals surface area contributed by atoms with Crippen LogP contribution >= 0.6 is 0 Å². The van der Waals surface area contributed by atoms with Crippen molar-refractivity contribution in [1.82, 2.24) is 4.98 Å². The summed E-state index contributed by atoms with van der Waals surface area (Å²) in [7, 11) is 6.28. The van der Waals surface area contributed by atoms with Gasteiger partial charge in [-0.1, -0.05) is 6.07 Å². The molecule has 34 heavy (non-hydrogen) atoms. The minimum atomic E-state index is -0.935. The fraction of sp³-hybridized carbons (Fsp3) is 0.320. The maximum absolute atomic E-state index is 12.4. The first-order valence-electron chi connectivity index (χ1n) is 10.7. The van der Waals surface area contributed by atoms with Crippen LogP contribution in [-0.4, -0.2) is 50.4 Å². The summed E-state index contributed by atoms with van der Waals surface area (Å²) in [5.41, 5.74) is 1.65. The summed E-state index contributed by atoms with van der Waals surface area (Å²) in [5.74, 6) is 1.48. The van der Waals surface area contributed by atoms with Gasteiger partial charge in [0.05, 0.1) is 34.1 Å². The zero-order valence-electron chi connectivity index (χ0n) is 19.6. The largest absolute Gasteiger partial charge is 0.493 e. The van der Waals surface area contributed by atoms with Crippen LogP contribution in [0.2, 0.25) is 0 Å². The third kappa shape index (κ3) is 5.86. The molecule has 2 aromatic carbocycles. The van der Waals surface area contributed by atoms with E-state index < -0.39 is 5.97 Å². The van der Waals surface area contributed by atoms with Crippen molar-refractivity contribution in [3.8, 4) is 23.0 Å². The van der Waals surface area contributed by atoms with Gasteiger partial charge in [-0.2, -0.15) is 0 Å². The van der Waals surface area contributed by atoms with Gasteiger partial charge in [0.2, 0.25) is 5.91 Å². The van der Waals surface area contributed by atoms with Crippen LogP contribution in [0.4, 0.5) is 5.82 Å². The van der Waals surface area contributed by atoms with Gasteiger partial charge in [-0.15, -0.1) is 0 Å². The number of carboxylic acid groups (broad SMARTS) is 1. The fourth-order valence-corrected chi connectivity index (χ4v) is 3.64. The third-order valence-corrected chi connectivity index (χ3v) is 5.30. The molecule has 1 amide bonds. The Bertz CT molecular complexity index is 1190. The Morgan fingerprint density at radius 1 is 0.853 bits per heavy atom. The number of carbonyl (C=O) groups is 2. The average Bonchev–Trinajstić information content (AvgIpc) is 2.82. The summed E-state index contributed by atoms with van der Waals surface area (Å²) in [4.78, 5) is 27.8. The first kappa shape index (κ1) is 24.6. The SMILES string of the molecule is COc1ccc(Cc2nc(NC(=O)CCCC(=O)O)cc3cc(OC)c(OC)cc23)cc1OC. The number of ether oxygens (including phenoxy) is 4. The number of nitrogens with zero attached hydrogens (tertiary/aromatic N) is 1. The fourth-order valence-electron chi connectivity index (χ4n) is 3.64. The molecule has 0 fully saturated rings. The summed E-state index contributed by atoms with van der Waals surface area (Å²) >= 11 is 0. The minimum absolute atomic E-state index is 0.0693. The van der Waals surface area contributed by atoms with E-state index in [-0.39, 0.29) is 25.2 Å². The number of methoxy groups -OCH3 is 4. The lowest BCUT2D eigenvalue weighted by atomic mass is 10.0. The molecule has 9 heteroatoms. The second kappa shape index (κ2) is 11.2. The van der Waals surface area contributed by atoms with Crippen molar-refractivity contribution >= 4 is 28.5 Å². The first-order chi connectivity index (χ1) is 16.4. The molecule has 0 bridgehead atoms. The summed E-state index contributed by atoms with van der Waals surface area (Å²) in [5, 5.41) is 13.2. The van der Waals surface area contributed by atoms with Gasteiger partial charge in [0.1, 0.15) is 5.82 Å². The summed E-state index contributed by atoms with van der Waals surface area (Å²) in [6.07, 6.45) is 0.719. The Labute approximate surface area is 197 Å². The number of pyridine rings is 1. The van der Waals surface area contributed by atoms with Crippen LogP contribution in [0.15, 0.2) is 36.4 Å². The van der Waals surface area contributed by atoms with Gasteiger partial charge in [0.25, 0.3) is 0 Å². The number of amides is 1. The lowest BCUT2D eigenvalue weighted by molar-refractivity contribution is -0.137. The molecule has 0 saturated heterocycles. The van der Waals surface area contributed by atoms with E-state index in [1.807, 2.05) is 30.3 Å². The highest BCUT2D eigenvalue weighted by atomic mass is 16.5. The van der Waals surface area contributed by atoms with Crippen molar-refractivity contribution in [3.63, 3.8) is 0 Å². The van der Waals surface area contributed by atoms with Crippen LogP contribution in [0.1, 0.15) is 30.5 Å². The Kier molecular flexibility index (Phi) is 8.13. The van der Waals surface area contributed by atoms with Crippen molar-refractivity contribution in [2.24, 2.45) is 0 Å². The topological polar surface area (TPSA) is 116 Å². The zero-order valence-corrected chi connectivity index (χ0v) is 19.6. The molecule has 0 saturated carbocycles. The molecule has 3 rings (SSSR count). The highest BCUT2D eigenvalue weighted by Crippen LogP contribution is 2.36. The molecule has 3 aromatic rings. The molecule has 0 spiro atoms. The molecule has 0 atom stereocenters. The number of carbonyl (C=O) groups excluding carboxylic acids is 1. The van der Waals surface area contributed by atoms with Crippen LogP contribution in [0.5, 0.6) is 23.0 Å². The predicted octanol–water partition coefficient (Wildman–Crippen LogP) is 4.05. The lowest BCUT2D eigenvalue weighted by Crippen LogP contribution is -2.13. The Hall–Kier alpha value is -4.01. The van der Waals surface area contributed by atoms with Gasteiger partial charge in [0.15, 0.2) is 23.0 Å². The van der Waals surface area contributed by atoms with Gasteiger partial charge in [-0.25, -0.2) is 4.98 Å². The lowest BCUT2D eigenvalue weighted by Gasteiger charge is -2.15. The van der Waals surface area contributed by atoms with Gasteiger partial charge in [-0.05, 0) is 47.7 Å². The van der Waals surface area contributed by atoms with Crippen LogP contribution < -0.4 is 24.3 Å². The molecule has 0 aliphatic rings. The van der Waals surface area contributed by atoms with Crippen LogP contribution in [-0.2, 0) is 16.0 Å². The smallest absolute Gasteiger partial charge is 0.303 e. The van der Waals surface area contributed by atoms with E-state index in [0.717, 1.165) is 16.3 Å². The van der Waals surface area contributed by atoms with E-state index in [4.69, 9.17) is 29.0 Å². The average molecular weight is 469 g/mol. The number of hydrogen-bond acceptors (Lipinski definition) is 7. The van der Waals surface area contributed by atoms with Crippen molar-refractivity contribution < 1.29 is 33.6 Å². The van der Waals surface area contributed by atoms with E-state index in [1.165, 1.54) is 0 Å². The second-order valence-electron chi connectivity index (χ2n) is 7.54. The van der Waals surface area contributed by atoms with Crippen molar-refractivity contribution in [1.29, 1.82) is 0 Å². The minimum Gasteiger partial charge on any atom is -0.493 e. The summed E-state index contributed by atoms with van der Waals surface area (Å²) in [6.45, 7) is 0. The van der Waals surface area contributed by atoms with E-state index in [2.05, 4.69) is 5.32 Å². The molecule has 2 N–H and O–H groups in total. The number of benzene rings is 2. The van der Waals surface area contributed by atoms with E-state index >= 15 is 0 Å².